The number of alkyl halides is 3. The zero-order chi connectivity index (χ0) is 14.0. The van der Waals surface area contributed by atoms with Gasteiger partial charge in [-0.3, -0.25) is 4.99 Å². The molecule has 1 aliphatic rings. The van der Waals surface area contributed by atoms with Crippen LogP contribution in [0.5, 0.6) is 0 Å². The highest BCUT2D eigenvalue weighted by atomic mass is 19.4. The molecule has 0 radical (unpaired) electrons. The van der Waals surface area contributed by atoms with Gasteiger partial charge in [0.2, 0.25) is 0 Å². The highest BCUT2D eigenvalue weighted by Crippen LogP contribution is 2.34. The van der Waals surface area contributed by atoms with Crippen LogP contribution in [0.2, 0.25) is 0 Å². The number of H-pyrrole nitrogens is 1. The molecule has 1 aromatic heterocycles. The standard InChI is InChI=1S/C12H17F3N4/c13-12(14,15)8-6-18-10(16)9(8)11(17)19-7-4-2-1-3-5-7/h6-7,18H,1-5,16H2,(H2,17,19). The molecule has 0 aromatic carbocycles. The molecule has 19 heavy (non-hydrogen) atoms. The van der Waals surface area contributed by atoms with Crippen LogP contribution in [-0.2, 0) is 6.18 Å². The molecular weight excluding hydrogens is 257 g/mol. The van der Waals surface area contributed by atoms with Gasteiger partial charge in [-0.2, -0.15) is 13.2 Å². The molecule has 2 rings (SSSR count). The average molecular weight is 274 g/mol. The van der Waals surface area contributed by atoms with Crippen LogP contribution in [0, 0.1) is 0 Å². The molecule has 0 unspecified atom stereocenters. The van der Waals surface area contributed by atoms with E-state index in [1.807, 2.05) is 0 Å². The minimum atomic E-state index is -4.49. The van der Waals surface area contributed by atoms with E-state index >= 15 is 0 Å². The Balaban J connectivity index is 2.30. The molecule has 4 nitrogen and oxygen atoms in total. The number of amidine groups is 1. The highest BCUT2D eigenvalue weighted by Gasteiger charge is 2.36. The molecule has 0 atom stereocenters. The van der Waals surface area contributed by atoms with E-state index in [4.69, 9.17) is 11.5 Å². The Labute approximate surface area is 109 Å². The molecule has 0 saturated heterocycles. The van der Waals surface area contributed by atoms with Crippen LogP contribution in [0.3, 0.4) is 0 Å². The van der Waals surface area contributed by atoms with E-state index in [0.717, 1.165) is 38.3 Å². The van der Waals surface area contributed by atoms with Crippen LogP contribution < -0.4 is 11.5 Å². The minimum Gasteiger partial charge on any atom is -0.385 e. The molecule has 1 aliphatic carbocycles. The Morgan fingerprint density at radius 2 is 1.89 bits per heavy atom. The highest BCUT2D eigenvalue weighted by molar-refractivity contribution is 6.03. The molecule has 0 aliphatic heterocycles. The number of halogens is 3. The summed E-state index contributed by atoms with van der Waals surface area (Å²) in [5.74, 6) is -0.220. The summed E-state index contributed by atoms with van der Waals surface area (Å²) in [4.78, 5) is 6.57. The van der Waals surface area contributed by atoms with Crippen LogP contribution in [0.25, 0.3) is 0 Å². The fourth-order valence-corrected chi connectivity index (χ4v) is 2.41. The number of nitrogens with zero attached hydrogens (tertiary/aromatic N) is 1. The number of aromatic amines is 1. The topological polar surface area (TPSA) is 80.2 Å². The molecular formula is C12H17F3N4. The van der Waals surface area contributed by atoms with E-state index in [9.17, 15) is 13.2 Å². The van der Waals surface area contributed by atoms with Gasteiger partial charge in [0.25, 0.3) is 0 Å². The van der Waals surface area contributed by atoms with Gasteiger partial charge in [0.1, 0.15) is 11.7 Å². The first-order valence-corrected chi connectivity index (χ1v) is 6.27. The fraction of sp³-hybridized carbons (Fsp3) is 0.583. The second kappa shape index (κ2) is 5.14. The molecule has 0 bridgehead atoms. The van der Waals surface area contributed by atoms with Crippen molar-refractivity contribution in [2.24, 2.45) is 10.7 Å². The predicted octanol–water partition coefficient (Wildman–Crippen LogP) is 2.65. The summed E-state index contributed by atoms with van der Waals surface area (Å²) < 4.78 is 38.4. The van der Waals surface area contributed by atoms with Crippen molar-refractivity contribution >= 4 is 11.7 Å². The van der Waals surface area contributed by atoms with E-state index in [1.54, 1.807) is 0 Å². The van der Waals surface area contributed by atoms with Crippen LogP contribution in [0.15, 0.2) is 11.2 Å². The van der Waals surface area contributed by atoms with Crippen LogP contribution in [-0.4, -0.2) is 16.9 Å². The second-order valence-electron chi connectivity index (χ2n) is 4.79. The number of nitrogens with one attached hydrogen (secondary N) is 1. The Morgan fingerprint density at radius 3 is 2.47 bits per heavy atom. The summed E-state index contributed by atoms with van der Waals surface area (Å²) in [5.41, 5.74) is 10.2. The van der Waals surface area contributed by atoms with Crippen molar-refractivity contribution in [2.75, 3.05) is 5.73 Å². The largest absolute Gasteiger partial charge is 0.418 e. The normalized spacial score (nSPS) is 18.8. The summed E-state index contributed by atoms with van der Waals surface area (Å²) in [6.45, 7) is 0. The van der Waals surface area contributed by atoms with Crippen molar-refractivity contribution in [2.45, 2.75) is 44.3 Å². The lowest BCUT2D eigenvalue weighted by atomic mass is 9.96. The number of hydrogen-bond donors (Lipinski definition) is 3. The van der Waals surface area contributed by atoms with Gasteiger partial charge in [-0.25, -0.2) is 0 Å². The lowest BCUT2D eigenvalue weighted by Gasteiger charge is -2.18. The Morgan fingerprint density at radius 1 is 1.26 bits per heavy atom. The van der Waals surface area contributed by atoms with Gasteiger partial charge in [-0.15, -0.1) is 0 Å². The summed E-state index contributed by atoms with van der Waals surface area (Å²) >= 11 is 0. The monoisotopic (exact) mass is 274 g/mol. The van der Waals surface area contributed by atoms with Gasteiger partial charge in [-0.05, 0) is 12.8 Å². The van der Waals surface area contributed by atoms with Gasteiger partial charge < -0.3 is 16.5 Å². The summed E-state index contributed by atoms with van der Waals surface area (Å²) in [6.07, 6.45) is 1.29. The maximum atomic E-state index is 12.8. The molecule has 1 saturated carbocycles. The zero-order valence-corrected chi connectivity index (χ0v) is 10.4. The molecule has 0 amide bonds. The van der Waals surface area contributed by atoms with E-state index in [2.05, 4.69) is 9.98 Å². The lowest BCUT2D eigenvalue weighted by Crippen LogP contribution is -2.23. The van der Waals surface area contributed by atoms with Crippen molar-refractivity contribution in [3.63, 3.8) is 0 Å². The fourth-order valence-electron chi connectivity index (χ4n) is 2.41. The summed E-state index contributed by atoms with van der Waals surface area (Å²) in [6, 6.07) is 0.00383. The predicted molar refractivity (Wildman–Crippen MR) is 67.8 cm³/mol. The quantitative estimate of drug-likeness (QED) is 0.572. The van der Waals surface area contributed by atoms with Gasteiger partial charge in [0.05, 0.1) is 17.2 Å². The average Bonchev–Trinajstić information content (AvgIpc) is 2.72. The third kappa shape index (κ3) is 3.02. The molecule has 1 fully saturated rings. The smallest absolute Gasteiger partial charge is 0.385 e. The van der Waals surface area contributed by atoms with Crippen molar-refractivity contribution in [3.05, 3.63) is 17.3 Å². The molecule has 1 heterocycles. The van der Waals surface area contributed by atoms with Crippen molar-refractivity contribution < 1.29 is 13.2 Å². The Bertz CT molecular complexity index is 470. The van der Waals surface area contributed by atoms with Gasteiger partial charge in [-0.1, -0.05) is 19.3 Å². The molecule has 0 spiro atoms. The number of hydrogen-bond acceptors (Lipinski definition) is 2. The second-order valence-corrected chi connectivity index (χ2v) is 4.79. The van der Waals surface area contributed by atoms with Crippen molar-refractivity contribution in [1.29, 1.82) is 0 Å². The van der Waals surface area contributed by atoms with E-state index < -0.39 is 11.7 Å². The van der Waals surface area contributed by atoms with Crippen molar-refractivity contribution in [1.82, 2.24) is 4.98 Å². The van der Waals surface area contributed by atoms with Gasteiger partial charge >= 0.3 is 6.18 Å². The number of nitrogen functional groups attached to an aromatic ring is 1. The first-order chi connectivity index (χ1) is 8.89. The maximum Gasteiger partial charge on any atom is 0.418 e. The minimum absolute atomic E-state index is 0.00383. The maximum absolute atomic E-state index is 12.8. The van der Waals surface area contributed by atoms with Crippen LogP contribution in [0.4, 0.5) is 19.0 Å². The summed E-state index contributed by atoms with van der Waals surface area (Å²) in [7, 11) is 0. The number of anilines is 1. The van der Waals surface area contributed by atoms with E-state index in [0.29, 0.717) is 0 Å². The summed E-state index contributed by atoms with van der Waals surface area (Å²) in [5, 5.41) is 0. The molecule has 1 aromatic rings. The Hall–Kier alpha value is -1.66. The third-order valence-electron chi connectivity index (χ3n) is 3.37. The number of aromatic nitrogens is 1. The molecule has 5 N–H and O–H groups in total. The van der Waals surface area contributed by atoms with Crippen LogP contribution >= 0.6 is 0 Å². The number of rotatable bonds is 2. The SMILES string of the molecule is NC(=NC1CCCCC1)c1c(C(F)(F)F)c[nH]c1N. The van der Waals surface area contributed by atoms with E-state index in [1.165, 1.54) is 0 Å². The third-order valence-corrected chi connectivity index (χ3v) is 3.37. The number of aliphatic imine (C=N–C) groups is 1. The van der Waals surface area contributed by atoms with Gasteiger partial charge in [0, 0.05) is 6.20 Å². The lowest BCUT2D eigenvalue weighted by molar-refractivity contribution is -0.137. The Kier molecular flexibility index (Phi) is 3.73. The van der Waals surface area contributed by atoms with Crippen LogP contribution in [0.1, 0.15) is 43.2 Å². The molecule has 7 heteroatoms. The van der Waals surface area contributed by atoms with Gasteiger partial charge in [0.15, 0.2) is 0 Å². The first kappa shape index (κ1) is 13.8. The first-order valence-electron chi connectivity index (χ1n) is 6.27. The van der Waals surface area contributed by atoms with E-state index in [-0.39, 0.29) is 23.3 Å². The molecule has 106 valence electrons. The number of nitrogens with two attached hydrogens (primary N) is 2. The van der Waals surface area contributed by atoms with Crippen molar-refractivity contribution in [3.8, 4) is 0 Å². The zero-order valence-electron chi connectivity index (χ0n) is 10.4.